The van der Waals surface area contributed by atoms with Crippen LogP contribution in [-0.4, -0.2) is 22.6 Å². The Kier molecular flexibility index (Phi) is 4.52. The first-order valence-corrected chi connectivity index (χ1v) is 6.96. The summed E-state index contributed by atoms with van der Waals surface area (Å²) >= 11 is 3.23. The number of aliphatic hydroxyl groups is 1. The standard InChI is InChI=1S/C15H15BrN2O2/c1-15(10-19,11-6-3-2-4-7-11)18-14(20)12-8-5-9-13(16)17-12/h2-9,19H,10H2,1H3,(H,18,20). The third-order valence-corrected chi connectivity index (χ3v) is 3.51. The number of aliphatic hydroxyl groups excluding tert-OH is 1. The molecule has 0 fully saturated rings. The lowest BCUT2D eigenvalue weighted by atomic mass is 9.92. The van der Waals surface area contributed by atoms with E-state index in [1.165, 1.54) is 0 Å². The molecule has 1 heterocycles. The summed E-state index contributed by atoms with van der Waals surface area (Å²) in [6.07, 6.45) is 0. The molecule has 4 nitrogen and oxygen atoms in total. The summed E-state index contributed by atoms with van der Waals surface area (Å²) < 4.78 is 0.593. The number of halogens is 1. The number of amides is 1. The van der Waals surface area contributed by atoms with Gasteiger partial charge in [-0.25, -0.2) is 4.98 Å². The molecule has 1 atom stereocenters. The quantitative estimate of drug-likeness (QED) is 0.844. The van der Waals surface area contributed by atoms with Crippen molar-refractivity contribution >= 4 is 21.8 Å². The Hall–Kier alpha value is -1.72. The number of aromatic nitrogens is 1. The van der Waals surface area contributed by atoms with Crippen LogP contribution < -0.4 is 5.32 Å². The molecule has 0 radical (unpaired) electrons. The summed E-state index contributed by atoms with van der Waals surface area (Å²) in [4.78, 5) is 16.3. The van der Waals surface area contributed by atoms with Gasteiger partial charge in [0.2, 0.25) is 0 Å². The molecule has 0 aliphatic rings. The van der Waals surface area contributed by atoms with E-state index in [0.29, 0.717) is 10.3 Å². The highest BCUT2D eigenvalue weighted by Gasteiger charge is 2.28. The summed E-state index contributed by atoms with van der Waals surface area (Å²) in [7, 11) is 0. The fraction of sp³-hybridized carbons (Fsp3) is 0.200. The Bertz CT molecular complexity index is 604. The molecule has 0 aliphatic carbocycles. The van der Waals surface area contributed by atoms with Gasteiger partial charge in [0.25, 0.3) is 5.91 Å². The van der Waals surface area contributed by atoms with Crippen molar-refractivity contribution in [2.75, 3.05) is 6.61 Å². The van der Waals surface area contributed by atoms with Gasteiger partial charge in [0.15, 0.2) is 0 Å². The Morgan fingerprint density at radius 2 is 1.95 bits per heavy atom. The first-order chi connectivity index (χ1) is 9.55. The van der Waals surface area contributed by atoms with Crippen molar-refractivity contribution < 1.29 is 9.90 Å². The maximum Gasteiger partial charge on any atom is 0.270 e. The van der Waals surface area contributed by atoms with E-state index in [1.807, 2.05) is 30.3 Å². The van der Waals surface area contributed by atoms with Gasteiger partial charge in [0, 0.05) is 0 Å². The average molecular weight is 335 g/mol. The molecule has 0 bridgehead atoms. The van der Waals surface area contributed by atoms with Crippen molar-refractivity contribution in [3.8, 4) is 0 Å². The molecule has 2 aromatic rings. The molecule has 1 aromatic carbocycles. The van der Waals surface area contributed by atoms with Crippen molar-refractivity contribution in [1.82, 2.24) is 10.3 Å². The van der Waals surface area contributed by atoms with Gasteiger partial charge in [-0.2, -0.15) is 0 Å². The lowest BCUT2D eigenvalue weighted by Crippen LogP contribution is -2.46. The molecule has 1 aromatic heterocycles. The van der Waals surface area contributed by atoms with Crippen LogP contribution in [0.3, 0.4) is 0 Å². The monoisotopic (exact) mass is 334 g/mol. The highest BCUT2D eigenvalue weighted by molar-refractivity contribution is 9.10. The maximum absolute atomic E-state index is 12.2. The van der Waals surface area contributed by atoms with Crippen LogP contribution in [0.25, 0.3) is 0 Å². The molecular weight excluding hydrogens is 320 g/mol. The Labute approximate surface area is 126 Å². The molecule has 104 valence electrons. The van der Waals surface area contributed by atoms with E-state index in [9.17, 15) is 9.90 Å². The second-order valence-electron chi connectivity index (χ2n) is 4.66. The SMILES string of the molecule is CC(CO)(NC(=O)c1cccc(Br)n1)c1ccccc1. The van der Waals surface area contributed by atoms with Gasteiger partial charge in [-0.3, -0.25) is 4.79 Å². The number of carbonyl (C=O) groups is 1. The molecule has 1 unspecified atom stereocenters. The normalized spacial score (nSPS) is 13.6. The minimum Gasteiger partial charge on any atom is -0.394 e. The van der Waals surface area contributed by atoms with E-state index in [4.69, 9.17) is 0 Å². The summed E-state index contributed by atoms with van der Waals surface area (Å²) in [6, 6.07) is 14.5. The van der Waals surface area contributed by atoms with E-state index in [0.717, 1.165) is 5.56 Å². The maximum atomic E-state index is 12.2. The predicted octanol–water partition coefficient (Wildman–Crippen LogP) is 2.48. The van der Waals surface area contributed by atoms with Gasteiger partial charge in [0.05, 0.1) is 12.1 Å². The first-order valence-electron chi connectivity index (χ1n) is 6.16. The van der Waals surface area contributed by atoms with Crippen LogP contribution in [0.1, 0.15) is 23.0 Å². The fourth-order valence-electron chi connectivity index (χ4n) is 1.86. The van der Waals surface area contributed by atoms with Crippen molar-refractivity contribution in [2.24, 2.45) is 0 Å². The zero-order valence-electron chi connectivity index (χ0n) is 11.0. The van der Waals surface area contributed by atoms with Crippen LogP contribution in [0, 0.1) is 0 Å². The molecule has 0 spiro atoms. The smallest absolute Gasteiger partial charge is 0.270 e. The minimum atomic E-state index is -0.845. The largest absolute Gasteiger partial charge is 0.394 e. The summed E-state index contributed by atoms with van der Waals surface area (Å²) in [5.74, 6) is -0.327. The highest BCUT2D eigenvalue weighted by atomic mass is 79.9. The zero-order valence-corrected chi connectivity index (χ0v) is 12.6. The van der Waals surface area contributed by atoms with Crippen LogP contribution in [-0.2, 0) is 5.54 Å². The molecule has 0 saturated carbocycles. The van der Waals surface area contributed by atoms with Gasteiger partial charge in [-0.1, -0.05) is 36.4 Å². The van der Waals surface area contributed by atoms with E-state index >= 15 is 0 Å². The molecule has 1 amide bonds. The minimum absolute atomic E-state index is 0.198. The number of benzene rings is 1. The van der Waals surface area contributed by atoms with E-state index in [-0.39, 0.29) is 12.5 Å². The molecule has 5 heteroatoms. The van der Waals surface area contributed by atoms with Crippen LogP contribution in [0.2, 0.25) is 0 Å². The van der Waals surface area contributed by atoms with Crippen LogP contribution in [0.4, 0.5) is 0 Å². The fourth-order valence-corrected chi connectivity index (χ4v) is 2.20. The average Bonchev–Trinajstić information content (AvgIpc) is 2.48. The third kappa shape index (κ3) is 3.23. The zero-order chi connectivity index (χ0) is 14.6. The van der Waals surface area contributed by atoms with Crippen molar-refractivity contribution in [3.05, 3.63) is 64.4 Å². The molecule has 2 rings (SSSR count). The second kappa shape index (κ2) is 6.15. The lowest BCUT2D eigenvalue weighted by Gasteiger charge is -2.29. The summed E-state index contributed by atoms with van der Waals surface area (Å²) in [5.41, 5.74) is 0.295. The Balaban J connectivity index is 2.24. The summed E-state index contributed by atoms with van der Waals surface area (Å²) in [5, 5.41) is 12.5. The number of rotatable bonds is 4. The van der Waals surface area contributed by atoms with Crippen molar-refractivity contribution in [1.29, 1.82) is 0 Å². The van der Waals surface area contributed by atoms with Gasteiger partial charge in [-0.05, 0) is 40.5 Å². The first kappa shape index (κ1) is 14.7. The van der Waals surface area contributed by atoms with Gasteiger partial charge >= 0.3 is 0 Å². The van der Waals surface area contributed by atoms with Crippen LogP contribution in [0.5, 0.6) is 0 Å². The number of hydrogen-bond donors (Lipinski definition) is 2. The predicted molar refractivity (Wildman–Crippen MR) is 80.3 cm³/mol. The topological polar surface area (TPSA) is 62.2 Å². The molecule has 2 N–H and O–H groups in total. The Morgan fingerprint density at radius 1 is 1.25 bits per heavy atom. The molecule has 0 aliphatic heterocycles. The number of pyridine rings is 1. The van der Waals surface area contributed by atoms with Crippen LogP contribution in [0.15, 0.2) is 53.1 Å². The highest BCUT2D eigenvalue weighted by Crippen LogP contribution is 2.20. The molecular formula is C15H15BrN2O2. The van der Waals surface area contributed by atoms with E-state index in [2.05, 4.69) is 26.2 Å². The number of carbonyl (C=O) groups excluding carboxylic acids is 1. The Morgan fingerprint density at radius 3 is 2.55 bits per heavy atom. The number of hydrogen-bond acceptors (Lipinski definition) is 3. The lowest BCUT2D eigenvalue weighted by molar-refractivity contribution is 0.0844. The van der Waals surface area contributed by atoms with Gasteiger partial charge < -0.3 is 10.4 Å². The van der Waals surface area contributed by atoms with Gasteiger partial charge in [0.1, 0.15) is 10.3 Å². The van der Waals surface area contributed by atoms with Gasteiger partial charge in [-0.15, -0.1) is 0 Å². The molecule has 0 saturated heterocycles. The number of nitrogens with one attached hydrogen (secondary N) is 1. The molecule has 20 heavy (non-hydrogen) atoms. The van der Waals surface area contributed by atoms with E-state index in [1.54, 1.807) is 25.1 Å². The van der Waals surface area contributed by atoms with E-state index < -0.39 is 5.54 Å². The van der Waals surface area contributed by atoms with Crippen molar-refractivity contribution in [3.63, 3.8) is 0 Å². The van der Waals surface area contributed by atoms with Crippen LogP contribution >= 0.6 is 15.9 Å². The third-order valence-electron chi connectivity index (χ3n) is 3.06. The summed E-state index contributed by atoms with van der Waals surface area (Å²) in [6.45, 7) is 1.58. The van der Waals surface area contributed by atoms with Crippen molar-refractivity contribution in [2.45, 2.75) is 12.5 Å². The second-order valence-corrected chi connectivity index (χ2v) is 5.47. The number of nitrogens with zero attached hydrogens (tertiary/aromatic N) is 1.